The van der Waals surface area contributed by atoms with E-state index < -0.39 is 50.4 Å². The number of nitrogens with zero attached hydrogens (tertiary/aromatic N) is 9. The summed E-state index contributed by atoms with van der Waals surface area (Å²) in [5, 5.41) is 83.1. The maximum Gasteiger partial charge on any atom is 0.335 e. The number of aliphatic carboxylic acids is 1. The monoisotopic (exact) mass is 1820 g/mol. The first kappa shape index (κ1) is 95.2. The fourth-order valence-corrected chi connectivity index (χ4v) is 12.5. The number of anilines is 6. The smallest absolute Gasteiger partial charge is 0.335 e. The number of carbonyl (C=O) groups excluding carboxylic acids is 3. The second kappa shape index (κ2) is 45.7. The first-order chi connectivity index (χ1) is 55.4. The van der Waals surface area contributed by atoms with Gasteiger partial charge in [-0.25, -0.2) is 14.8 Å². The molecule has 0 spiro atoms. The van der Waals surface area contributed by atoms with E-state index in [9.17, 15) is 59.5 Å². The van der Waals surface area contributed by atoms with Crippen LogP contribution in [0.2, 0.25) is 55.2 Å². The van der Waals surface area contributed by atoms with Gasteiger partial charge in [-0.2, -0.15) is 0 Å². The summed E-state index contributed by atoms with van der Waals surface area (Å²) in [5.41, 5.74) is 38.9. The number of nitrogens with two attached hydrogens (primary N) is 6. The molecule has 32 nitrogen and oxygen atoms in total. The number of aromatic nitrogens is 6. The number of carboxylic acids is 2. The van der Waals surface area contributed by atoms with E-state index in [0.29, 0.717) is 146 Å². The maximum absolute atomic E-state index is 12.8. The molecule has 0 radical (unpaired) electrons. The highest BCUT2D eigenvalue weighted by atomic mass is 35.5. The van der Waals surface area contributed by atoms with Crippen LogP contribution in [-0.4, -0.2) is 99.5 Å². The van der Waals surface area contributed by atoms with Crippen molar-refractivity contribution in [1.29, 1.82) is 0 Å². The van der Waals surface area contributed by atoms with Crippen molar-refractivity contribution in [1.82, 2.24) is 25.3 Å². The molecule has 0 saturated carbocycles. The van der Waals surface area contributed by atoms with Crippen LogP contribution in [0.4, 0.5) is 51.7 Å². The second-order valence-electron chi connectivity index (χ2n) is 24.3. The fourth-order valence-electron chi connectivity index (χ4n) is 10.5. The molecule has 43 heteroatoms. The Hall–Kier alpha value is -10.7. The van der Waals surface area contributed by atoms with E-state index in [-0.39, 0.29) is 72.8 Å². The van der Waals surface area contributed by atoms with E-state index in [1.165, 1.54) is 42.5 Å². The number of fused-ring (bicyclic) bond motifs is 2. The van der Waals surface area contributed by atoms with Gasteiger partial charge in [0.1, 0.15) is 26.1 Å². The van der Waals surface area contributed by atoms with Gasteiger partial charge in [0, 0.05) is 47.0 Å². The van der Waals surface area contributed by atoms with Gasteiger partial charge >= 0.3 is 11.9 Å². The third-order valence-electron chi connectivity index (χ3n) is 16.2. The Morgan fingerprint density at radius 3 is 1.15 bits per heavy atom. The predicted octanol–water partition coefficient (Wildman–Crippen LogP) is 17.6. The predicted molar refractivity (Wildman–Crippen MR) is 457 cm³/mol. The molecule has 4 atom stereocenters. The van der Waals surface area contributed by atoms with Crippen molar-refractivity contribution >= 4 is 231 Å². The van der Waals surface area contributed by atoms with E-state index in [1.807, 2.05) is 6.92 Å². The average molecular weight is 1820 g/mol. The van der Waals surface area contributed by atoms with Crippen LogP contribution < -0.4 is 55.2 Å². The van der Waals surface area contributed by atoms with Crippen molar-refractivity contribution in [3.63, 3.8) is 0 Å². The highest BCUT2D eigenvalue weighted by Gasteiger charge is 2.27. The average Bonchev–Trinajstić information content (AvgIpc) is 0.789. The number of carbonyl (C=O) groups is 5. The van der Waals surface area contributed by atoms with Gasteiger partial charge in [-0.05, 0) is 188 Å². The molecular formula is C74H67Cl11N18O14. The SMILES string of the molecule is CCCC(C(=O)O)c1ccc(Cl)c(Cl)c1.NCCC(C(=O)Nc1ccc([N+](=O)[O-])c(Cl)c1)c1ccc(Cl)c(Cl)c1.NCCC(C(=O)Nc1ccc2c(c1)nc(N)n[n+]2[O-])c1ccc(Cl)c(Cl)c1.NCCC(C(=O)Nc1ccc2nnc(N)nc2c1)c1ccc(Cl)c(Cl)c1.Nc1ccc([N+](=O)[O-])c(Cl)c1.O=C(O)c1ccc([N+](=O)[O-])c(Cl)c1. The minimum atomic E-state index is -1.17. The Morgan fingerprint density at radius 2 is 0.778 bits per heavy atom. The molecule has 0 saturated heterocycles. The van der Waals surface area contributed by atoms with Crippen molar-refractivity contribution in [2.75, 3.05) is 52.8 Å². The molecule has 614 valence electrons. The Labute approximate surface area is 719 Å². The van der Waals surface area contributed by atoms with Gasteiger partial charge < -0.3 is 65.8 Å². The van der Waals surface area contributed by atoms with Gasteiger partial charge in [0.2, 0.25) is 23.7 Å². The second-order valence-corrected chi connectivity index (χ2v) is 28.8. The van der Waals surface area contributed by atoms with Gasteiger partial charge in [-0.3, -0.25) is 49.5 Å². The first-order valence-corrected chi connectivity index (χ1v) is 38.0. The molecule has 0 aliphatic carbocycles. The molecule has 0 bridgehead atoms. The molecule has 3 amide bonds. The molecule has 117 heavy (non-hydrogen) atoms. The topological polar surface area (TPSA) is 539 Å². The highest BCUT2D eigenvalue weighted by molar-refractivity contribution is 6.44. The van der Waals surface area contributed by atoms with Crippen molar-refractivity contribution in [2.24, 2.45) is 17.2 Å². The summed E-state index contributed by atoms with van der Waals surface area (Å²) in [6.07, 6.45) is 2.70. The zero-order chi connectivity index (χ0) is 86.7. The first-order valence-electron chi connectivity index (χ1n) is 33.8. The van der Waals surface area contributed by atoms with Gasteiger partial charge in [-0.15, -0.1) is 10.2 Å². The van der Waals surface area contributed by atoms with Crippen LogP contribution in [0.5, 0.6) is 0 Å². The van der Waals surface area contributed by atoms with Crippen LogP contribution in [0, 0.1) is 35.6 Å². The molecule has 0 fully saturated rings. The van der Waals surface area contributed by atoms with E-state index >= 15 is 0 Å². The number of nitro benzene ring substituents is 3. The zero-order valence-electron chi connectivity index (χ0n) is 60.5. The molecule has 2 aromatic heterocycles. The van der Waals surface area contributed by atoms with Gasteiger partial charge in [0.25, 0.3) is 28.5 Å². The normalized spacial score (nSPS) is 11.6. The third-order valence-corrected chi connectivity index (χ3v) is 20.0. The van der Waals surface area contributed by atoms with Crippen molar-refractivity contribution in [3.05, 3.63) is 282 Å². The van der Waals surface area contributed by atoms with Gasteiger partial charge in [0.05, 0.1) is 94.8 Å². The van der Waals surface area contributed by atoms with E-state index in [2.05, 4.69) is 41.2 Å². The standard InChI is InChI=1S/C17H16Cl2N6O2.C17H16Cl2N6O.C16H14Cl3N3O3.C11H12Cl2O2.C7H4ClNO4.C6H5ClN2O2/c18-12-3-1-9(7-13(12)19)11(5-6-20)16(26)22-10-2-4-15-14(8-10)23-17(21)24-25(15)27;18-12-3-1-9(7-13(12)19)11(5-6-20)16(26)22-10-2-4-14-15(8-10)23-17(21)25-24-14;17-12-3-1-9(7-13(12)18)11(5-6-20)16(23)21-10-2-4-15(22(24)25)14(19)8-10;1-2-3-8(11(14)15)7-4-5-9(12)10(13)6-7;8-5-3-4(7(10)11)1-2-6(5)9(12)13;7-5-3-4(8)1-2-6(5)9(10)11/h1-4,7-8,11H,5-6,20H2,(H,22,26)(H2,21,23,24);1-4,7-8,11H,5-6,20H2,(H,22,26)(H2,21,23,25);1-4,7-8,11H,5-6,20H2,(H,21,23);4-6,8H,2-3H2,1H3,(H,14,15);1-3H,(H,10,11);1-3H,8H2. The summed E-state index contributed by atoms with van der Waals surface area (Å²) in [5.74, 6) is -4.90. The number of nitrogens with one attached hydrogen (secondary N) is 3. The molecule has 2 heterocycles. The molecule has 11 rings (SSSR count). The molecule has 0 aliphatic rings. The molecule has 0 aliphatic heterocycles. The van der Waals surface area contributed by atoms with Crippen molar-refractivity contribution in [2.45, 2.75) is 62.7 Å². The number of rotatable bonds is 23. The van der Waals surface area contributed by atoms with E-state index in [4.69, 9.17) is 172 Å². The summed E-state index contributed by atoms with van der Waals surface area (Å²) < 4.78 is 0. The number of nitrogen functional groups attached to an aromatic ring is 3. The van der Waals surface area contributed by atoms with E-state index in [0.717, 1.165) is 30.2 Å². The fraction of sp³-hybridized carbons (Fsp3) is 0.176. The highest BCUT2D eigenvalue weighted by Crippen LogP contribution is 2.36. The molecule has 17 N–H and O–H groups in total. The number of amides is 3. The minimum absolute atomic E-state index is 0.0623. The quantitative estimate of drug-likeness (QED) is 0.00931. The summed E-state index contributed by atoms with van der Waals surface area (Å²) in [6, 6.07) is 41.1. The van der Waals surface area contributed by atoms with Crippen LogP contribution in [0.3, 0.4) is 0 Å². The maximum atomic E-state index is 12.8. The van der Waals surface area contributed by atoms with E-state index in [1.54, 1.807) is 103 Å². The number of halogens is 11. The van der Waals surface area contributed by atoms with Crippen LogP contribution >= 0.6 is 128 Å². The van der Waals surface area contributed by atoms with Gasteiger partial charge in [-0.1, -0.05) is 165 Å². The number of hydrogen-bond acceptors (Lipinski definition) is 23. The molecule has 4 unspecified atom stereocenters. The zero-order valence-corrected chi connectivity index (χ0v) is 68.8. The number of hydrogen-bond donors (Lipinski definition) is 11. The Bertz CT molecular complexity index is 5480. The van der Waals surface area contributed by atoms with Crippen molar-refractivity contribution in [3.8, 4) is 0 Å². The number of benzene rings is 9. The summed E-state index contributed by atoms with van der Waals surface area (Å²) in [7, 11) is 0. The largest absolute Gasteiger partial charge is 0.594 e. The summed E-state index contributed by atoms with van der Waals surface area (Å²) in [4.78, 5) is 97.6. The lowest BCUT2D eigenvalue weighted by Gasteiger charge is -2.17. The Balaban J connectivity index is 0.000000225. The van der Waals surface area contributed by atoms with Crippen LogP contribution in [0.1, 0.15) is 95.3 Å². The lowest BCUT2D eigenvalue weighted by atomic mass is 9.94. The van der Waals surface area contributed by atoms with Crippen LogP contribution in [0.25, 0.3) is 22.1 Å². The number of aromatic carboxylic acids is 1. The molecular weight excluding hydrogens is 1750 g/mol. The number of nitro groups is 3. The van der Waals surface area contributed by atoms with Gasteiger partial charge in [0.15, 0.2) is 0 Å². The lowest BCUT2D eigenvalue weighted by Crippen LogP contribution is -2.33. The van der Waals surface area contributed by atoms with Crippen LogP contribution in [-0.2, 0) is 19.2 Å². The summed E-state index contributed by atoms with van der Waals surface area (Å²) in [6.45, 7) is 2.91. The Morgan fingerprint density at radius 1 is 0.410 bits per heavy atom. The van der Waals surface area contributed by atoms with Crippen LogP contribution in [0.15, 0.2) is 164 Å². The number of carboxylic acid groups (broad SMARTS) is 2. The lowest BCUT2D eigenvalue weighted by molar-refractivity contribution is -0.641. The molecule has 11 aromatic rings. The molecule has 9 aromatic carbocycles. The minimum Gasteiger partial charge on any atom is -0.594 e. The van der Waals surface area contributed by atoms with Crippen molar-refractivity contribution < 1.29 is 53.8 Å². The summed E-state index contributed by atoms with van der Waals surface area (Å²) >= 11 is 64.4. The third kappa shape index (κ3) is 28.3. The Kier molecular flexibility index (Phi) is 37.2.